The number of nitrogens with one attached hydrogen (secondary N) is 2. The van der Waals surface area contributed by atoms with Gasteiger partial charge in [0.05, 0.1) is 11.8 Å². The van der Waals surface area contributed by atoms with E-state index in [0.29, 0.717) is 0 Å². The molecular weight excluding hydrogens is 288 g/mol. The molecule has 120 valence electrons. The van der Waals surface area contributed by atoms with Crippen molar-refractivity contribution in [1.29, 1.82) is 0 Å². The van der Waals surface area contributed by atoms with Crippen LogP contribution in [-0.2, 0) is 4.79 Å². The molecule has 0 unspecified atom stereocenters. The maximum Gasteiger partial charge on any atom is 0.227 e. The van der Waals surface area contributed by atoms with E-state index < -0.39 is 0 Å². The minimum Gasteiger partial charge on any atom is -0.489 e. The average molecular weight is 310 g/mol. The van der Waals surface area contributed by atoms with Crippen molar-refractivity contribution in [3.8, 4) is 5.75 Å². The lowest BCUT2D eigenvalue weighted by Crippen LogP contribution is -2.13. The fraction of sp³-hybridized carbons (Fsp3) is 0.316. The molecule has 0 radical (unpaired) electrons. The third-order valence-corrected chi connectivity index (χ3v) is 3.63. The molecule has 0 heterocycles. The smallest absolute Gasteiger partial charge is 0.227 e. The lowest BCUT2D eigenvalue weighted by atomic mass is 10.2. The number of carbonyl (C=O) groups is 1. The van der Waals surface area contributed by atoms with Gasteiger partial charge in [-0.2, -0.15) is 0 Å². The van der Waals surface area contributed by atoms with Crippen LogP contribution in [-0.4, -0.2) is 12.0 Å². The van der Waals surface area contributed by atoms with Crippen molar-refractivity contribution in [2.45, 2.75) is 32.8 Å². The SMILES string of the molecule is CC(C)Oc1ccccc1Nc1ccc(NC(=O)C2CC2)cc1. The Balaban J connectivity index is 1.67. The van der Waals surface area contributed by atoms with Gasteiger partial charge in [0.1, 0.15) is 5.75 Å². The lowest BCUT2D eigenvalue weighted by molar-refractivity contribution is -0.117. The van der Waals surface area contributed by atoms with Gasteiger partial charge in [0.15, 0.2) is 0 Å². The van der Waals surface area contributed by atoms with Crippen LogP contribution >= 0.6 is 0 Å². The van der Waals surface area contributed by atoms with E-state index >= 15 is 0 Å². The summed E-state index contributed by atoms with van der Waals surface area (Å²) in [6.07, 6.45) is 2.15. The number of anilines is 3. The molecule has 1 fully saturated rings. The van der Waals surface area contributed by atoms with Crippen LogP contribution in [0.1, 0.15) is 26.7 Å². The zero-order valence-corrected chi connectivity index (χ0v) is 13.5. The molecule has 0 atom stereocenters. The van der Waals surface area contributed by atoms with E-state index in [2.05, 4.69) is 10.6 Å². The second-order valence-electron chi connectivity index (χ2n) is 6.13. The molecule has 4 heteroatoms. The molecule has 0 bridgehead atoms. The van der Waals surface area contributed by atoms with E-state index in [-0.39, 0.29) is 17.9 Å². The minimum absolute atomic E-state index is 0.123. The first-order valence-corrected chi connectivity index (χ1v) is 8.05. The molecule has 0 aliphatic heterocycles. The number of ether oxygens (including phenoxy) is 1. The van der Waals surface area contributed by atoms with E-state index in [0.717, 1.165) is 35.7 Å². The highest BCUT2D eigenvalue weighted by Crippen LogP contribution is 2.31. The van der Waals surface area contributed by atoms with Crippen LogP contribution in [0, 0.1) is 5.92 Å². The monoisotopic (exact) mass is 310 g/mol. The van der Waals surface area contributed by atoms with Crippen molar-refractivity contribution in [1.82, 2.24) is 0 Å². The molecule has 1 aliphatic carbocycles. The first-order chi connectivity index (χ1) is 11.1. The molecule has 0 aromatic heterocycles. The van der Waals surface area contributed by atoms with Crippen molar-refractivity contribution in [2.75, 3.05) is 10.6 Å². The van der Waals surface area contributed by atoms with Crippen molar-refractivity contribution in [2.24, 2.45) is 5.92 Å². The molecule has 1 amide bonds. The predicted molar refractivity (Wildman–Crippen MR) is 93.3 cm³/mol. The van der Waals surface area contributed by atoms with Gasteiger partial charge in [-0.05, 0) is 63.1 Å². The number of amides is 1. The second-order valence-corrected chi connectivity index (χ2v) is 6.13. The van der Waals surface area contributed by atoms with Gasteiger partial charge in [-0.3, -0.25) is 4.79 Å². The van der Waals surface area contributed by atoms with Gasteiger partial charge in [0.25, 0.3) is 0 Å². The fourth-order valence-electron chi connectivity index (χ4n) is 2.31. The van der Waals surface area contributed by atoms with E-state index in [1.807, 2.05) is 62.4 Å². The van der Waals surface area contributed by atoms with E-state index in [1.54, 1.807) is 0 Å². The summed E-state index contributed by atoms with van der Waals surface area (Å²) in [4.78, 5) is 11.8. The van der Waals surface area contributed by atoms with Gasteiger partial charge in [-0.15, -0.1) is 0 Å². The van der Waals surface area contributed by atoms with Gasteiger partial charge in [-0.1, -0.05) is 12.1 Å². The molecule has 2 N–H and O–H groups in total. The normalized spacial score (nSPS) is 13.7. The number of hydrogen-bond donors (Lipinski definition) is 2. The molecule has 2 aromatic carbocycles. The summed E-state index contributed by atoms with van der Waals surface area (Å²) < 4.78 is 5.81. The number of rotatable bonds is 6. The molecule has 23 heavy (non-hydrogen) atoms. The van der Waals surface area contributed by atoms with E-state index in [4.69, 9.17) is 4.74 Å². The van der Waals surface area contributed by atoms with Gasteiger partial charge < -0.3 is 15.4 Å². The van der Waals surface area contributed by atoms with Crippen molar-refractivity contribution in [3.05, 3.63) is 48.5 Å². The molecule has 0 spiro atoms. The standard InChI is InChI=1S/C19H22N2O2/c1-13(2)23-18-6-4-3-5-17(18)20-15-9-11-16(12-10-15)21-19(22)14-7-8-14/h3-6,9-14,20H,7-8H2,1-2H3,(H,21,22). The van der Waals surface area contributed by atoms with E-state index in [9.17, 15) is 4.79 Å². The molecular formula is C19H22N2O2. The summed E-state index contributed by atoms with van der Waals surface area (Å²) >= 11 is 0. The molecule has 4 nitrogen and oxygen atoms in total. The predicted octanol–water partition coefficient (Wildman–Crippen LogP) is 4.57. The summed E-state index contributed by atoms with van der Waals surface area (Å²) in [6.45, 7) is 4.02. The van der Waals surface area contributed by atoms with Gasteiger partial charge in [0, 0.05) is 17.3 Å². The number of hydrogen-bond acceptors (Lipinski definition) is 3. The zero-order valence-electron chi connectivity index (χ0n) is 13.5. The van der Waals surface area contributed by atoms with Crippen LogP contribution in [0.3, 0.4) is 0 Å². The topological polar surface area (TPSA) is 50.4 Å². The van der Waals surface area contributed by atoms with Gasteiger partial charge in [0.2, 0.25) is 5.91 Å². The maximum absolute atomic E-state index is 11.8. The number of para-hydroxylation sites is 2. The van der Waals surface area contributed by atoms with Crippen molar-refractivity contribution in [3.63, 3.8) is 0 Å². The van der Waals surface area contributed by atoms with Crippen LogP contribution < -0.4 is 15.4 Å². The Morgan fingerprint density at radius 3 is 2.35 bits per heavy atom. The summed E-state index contributed by atoms with van der Waals surface area (Å²) in [5.74, 6) is 1.17. The van der Waals surface area contributed by atoms with Gasteiger partial charge >= 0.3 is 0 Å². The Kier molecular flexibility index (Phi) is 4.51. The first kappa shape index (κ1) is 15.4. The van der Waals surface area contributed by atoms with Crippen LogP contribution in [0.2, 0.25) is 0 Å². The third kappa shape index (κ3) is 4.25. The number of carbonyl (C=O) groups excluding carboxylic acids is 1. The van der Waals surface area contributed by atoms with Crippen LogP contribution in [0.15, 0.2) is 48.5 Å². The van der Waals surface area contributed by atoms with Crippen LogP contribution in [0.5, 0.6) is 5.75 Å². The lowest BCUT2D eigenvalue weighted by Gasteiger charge is -2.15. The third-order valence-electron chi connectivity index (χ3n) is 3.63. The Labute approximate surface area is 136 Å². The summed E-state index contributed by atoms with van der Waals surface area (Å²) in [5, 5.41) is 6.30. The molecule has 3 rings (SSSR count). The first-order valence-electron chi connectivity index (χ1n) is 8.05. The Morgan fingerprint density at radius 2 is 1.70 bits per heavy atom. The largest absolute Gasteiger partial charge is 0.489 e. The molecule has 1 aliphatic rings. The Bertz CT molecular complexity index is 676. The average Bonchev–Trinajstić information content (AvgIpc) is 3.35. The van der Waals surface area contributed by atoms with Crippen molar-refractivity contribution >= 4 is 23.0 Å². The quantitative estimate of drug-likeness (QED) is 0.822. The summed E-state index contributed by atoms with van der Waals surface area (Å²) in [5.41, 5.74) is 2.71. The Hall–Kier alpha value is -2.49. The highest BCUT2D eigenvalue weighted by molar-refractivity contribution is 5.94. The molecule has 1 saturated carbocycles. The molecule has 0 saturated heterocycles. The van der Waals surface area contributed by atoms with Crippen LogP contribution in [0.4, 0.5) is 17.1 Å². The van der Waals surface area contributed by atoms with Crippen molar-refractivity contribution < 1.29 is 9.53 Å². The van der Waals surface area contributed by atoms with E-state index in [1.165, 1.54) is 0 Å². The second kappa shape index (κ2) is 6.73. The highest BCUT2D eigenvalue weighted by Gasteiger charge is 2.29. The summed E-state index contributed by atoms with van der Waals surface area (Å²) in [7, 11) is 0. The minimum atomic E-state index is 0.123. The Morgan fingerprint density at radius 1 is 1.04 bits per heavy atom. The van der Waals surface area contributed by atoms with Gasteiger partial charge in [-0.25, -0.2) is 0 Å². The molecule has 2 aromatic rings. The highest BCUT2D eigenvalue weighted by atomic mass is 16.5. The van der Waals surface area contributed by atoms with Crippen LogP contribution in [0.25, 0.3) is 0 Å². The summed E-state index contributed by atoms with van der Waals surface area (Å²) in [6, 6.07) is 15.6. The number of benzene rings is 2. The zero-order chi connectivity index (χ0) is 16.2. The fourth-order valence-corrected chi connectivity index (χ4v) is 2.31. The maximum atomic E-state index is 11.8.